The molecule has 0 amide bonds. The van der Waals surface area contributed by atoms with E-state index < -0.39 is 23.6 Å². The minimum absolute atomic E-state index is 0.142. The van der Waals surface area contributed by atoms with E-state index in [0.29, 0.717) is 42.7 Å². The van der Waals surface area contributed by atoms with Gasteiger partial charge in [-0.2, -0.15) is 0 Å². The van der Waals surface area contributed by atoms with E-state index >= 15 is 0 Å². The highest BCUT2D eigenvalue weighted by Gasteiger charge is 2.18. The largest absolute Gasteiger partial charge is 0.423 e. The third-order valence-corrected chi connectivity index (χ3v) is 5.26. The number of ether oxygens (including phenoxy) is 4. The van der Waals surface area contributed by atoms with Crippen LogP contribution in [0.1, 0.15) is 37.4 Å². The van der Waals surface area contributed by atoms with Gasteiger partial charge >= 0.3 is 11.9 Å². The molecule has 0 radical (unpaired) electrons. The molecule has 8 heteroatoms. The summed E-state index contributed by atoms with van der Waals surface area (Å²) in [6.45, 7) is 2.51. The van der Waals surface area contributed by atoms with Crippen LogP contribution in [0, 0.1) is 18.6 Å². The summed E-state index contributed by atoms with van der Waals surface area (Å²) in [5.74, 6) is -2.79. The van der Waals surface area contributed by atoms with Crippen molar-refractivity contribution in [1.29, 1.82) is 0 Å². The Morgan fingerprint density at radius 1 is 0.714 bits per heavy atom. The Labute approximate surface area is 202 Å². The monoisotopic (exact) mass is 484 g/mol. The van der Waals surface area contributed by atoms with Gasteiger partial charge in [-0.05, 0) is 78.9 Å². The van der Waals surface area contributed by atoms with Crippen molar-refractivity contribution in [2.75, 3.05) is 27.4 Å². The second kappa shape index (κ2) is 12.2. The van der Waals surface area contributed by atoms with Crippen LogP contribution in [0.3, 0.4) is 0 Å². The summed E-state index contributed by atoms with van der Waals surface area (Å²) in [5.41, 5.74) is 1.46. The van der Waals surface area contributed by atoms with Crippen molar-refractivity contribution in [3.63, 3.8) is 0 Å². The van der Waals surface area contributed by atoms with Crippen LogP contribution in [0.2, 0.25) is 0 Å². The second-order valence-corrected chi connectivity index (χ2v) is 7.82. The molecule has 0 aliphatic carbocycles. The first-order valence-electron chi connectivity index (χ1n) is 10.9. The van der Waals surface area contributed by atoms with Crippen molar-refractivity contribution < 1.29 is 37.3 Å². The summed E-state index contributed by atoms with van der Waals surface area (Å²) < 4.78 is 49.3. The van der Waals surface area contributed by atoms with Crippen LogP contribution in [-0.4, -0.2) is 39.4 Å². The van der Waals surface area contributed by atoms with Crippen molar-refractivity contribution in [3.8, 4) is 11.5 Å². The summed E-state index contributed by atoms with van der Waals surface area (Å²) in [4.78, 5) is 24.9. The normalized spacial score (nSPS) is 10.8. The lowest BCUT2D eigenvalue weighted by molar-refractivity contribution is 0.0713. The molecule has 3 aromatic rings. The highest BCUT2D eigenvalue weighted by atomic mass is 19.1. The van der Waals surface area contributed by atoms with E-state index in [1.807, 2.05) is 0 Å². The average molecular weight is 484 g/mol. The number of hydrogen-bond acceptors (Lipinski definition) is 6. The van der Waals surface area contributed by atoms with Crippen LogP contribution in [-0.2, 0) is 22.3 Å². The zero-order chi connectivity index (χ0) is 25.4. The maximum Gasteiger partial charge on any atom is 0.346 e. The van der Waals surface area contributed by atoms with Crippen LogP contribution in [0.25, 0.3) is 0 Å². The first-order chi connectivity index (χ1) is 16.8. The molecular weight excluding hydrogens is 458 g/mol. The molecule has 3 aromatic carbocycles. The molecule has 0 unspecified atom stereocenters. The first kappa shape index (κ1) is 26.0. The van der Waals surface area contributed by atoms with Crippen LogP contribution in [0.4, 0.5) is 8.78 Å². The van der Waals surface area contributed by atoms with E-state index in [0.717, 1.165) is 0 Å². The maximum absolute atomic E-state index is 14.4. The molecule has 0 aliphatic rings. The fourth-order valence-electron chi connectivity index (χ4n) is 3.32. The van der Waals surface area contributed by atoms with Crippen LogP contribution in [0.5, 0.6) is 11.5 Å². The third kappa shape index (κ3) is 6.94. The number of methoxy groups -OCH3 is 2. The standard InChI is InChI=1S/C27H26F2O6/c1-17-14-20(34-26(30)21-7-4-18(10-12-32-2)15-23(21)28)6-9-25(17)35-27(31)22-8-5-19(11-13-33-3)16-24(22)29/h4-9,14-16H,10-13H2,1-3H3. The Bertz CT molecular complexity index is 1210. The van der Waals surface area contributed by atoms with Gasteiger partial charge in [0.1, 0.15) is 23.1 Å². The first-order valence-corrected chi connectivity index (χ1v) is 10.9. The Kier molecular flexibility index (Phi) is 9.05. The predicted octanol–water partition coefficient (Wildman–Crippen LogP) is 5.09. The van der Waals surface area contributed by atoms with E-state index in [9.17, 15) is 18.4 Å². The SMILES string of the molecule is COCCc1ccc(C(=O)Oc2ccc(OC(=O)c3ccc(CCOC)cc3F)c(C)c2)c(F)c1. The van der Waals surface area contributed by atoms with Gasteiger partial charge in [-0.1, -0.05) is 12.1 Å². The van der Waals surface area contributed by atoms with Gasteiger partial charge in [-0.3, -0.25) is 0 Å². The van der Waals surface area contributed by atoms with Crippen molar-refractivity contribution >= 4 is 11.9 Å². The van der Waals surface area contributed by atoms with Crippen molar-refractivity contribution in [1.82, 2.24) is 0 Å². The van der Waals surface area contributed by atoms with Crippen LogP contribution >= 0.6 is 0 Å². The summed E-state index contributed by atoms with van der Waals surface area (Å²) >= 11 is 0. The molecular formula is C27H26F2O6. The number of aryl methyl sites for hydroxylation is 1. The Balaban J connectivity index is 1.66. The van der Waals surface area contributed by atoms with Gasteiger partial charge in [0.05, 0.1) is 24.3 Å². The minimum atomic E-state index is -0.861. The van der Waals surface area contributed by atoms with Gasteiger partial charge < -0.3 is 18.9 Å². The molecule has 184 valence electrons. The average Bonchev–Trinajstić information content (AvgIpc) is 2.83. The molecule has 0 spiro atoms. The van der Waals surface area contributed by atoms with Crippen molar-refractivity contribution in [2.45, 2.75) is 19.8 Å². The molecule has 3 rings (SSSR count). The molecule has 0 fully saturated rings. The summed E-state index contributed by atoms with van der Waals surface area (Å²) in [5, 5.41) is 0. The number of halogens is 2. The van der Waals surface area contributed by atoms with Gasteiger partial charge in [0.25, 0.3) is 0 Å². The summed E-state index contributed by atoms with van der Waals surface area (Å²) in [6, 6.07) is 12.8. The number of benzene rings is 3. The summed E-state index contributed by atoms with van der Waals surface area (Å²) in [6.07, 6.45) is 1.04. The van der Waals surface area contributed by atoms with E-state index in [2.05, 4.69) is 0 Å². The number of rotatable bonds is 10. The number of esters is 2. The van der Waals surface area contributed by atoms with Gasteiger partial charge in [0.2, 0.25) is 0 Å². The molecule has 0 bridgehead atoms. The lowest BCUT2D eigenvalue weighted by Gasteiger charge is -2.11. The molecule has 0 heterocycles. The van der Waals surface area contributed by atoms with E-state index in [1.54, 1.807) is 33.3 Å². The molecule has 0 saturated heterocycles. The van der Waals surface area contributed by atoms with Crippen molar-refractivity contribution in [2.24, 2.45) is 0 Å². The molecule has 0 saturated carbocycles. The predicted molar refractivity (Wildman–Crippen MR) is 125 cm³/mol. The zero-order valence-corrected chi connectivity index (χ0v) is 19.7. The van der Waals surface area contributed by atoms with E-state index in [1.165, 1.54) is 42.5 Å². The molecule has 0 atom stereocenters. The topological polar surface area (TPSA) is 71.1 Å². The Hall–Kier alpha value is -3.62. The number of hydrogen-bond donors (Lipinski definition) is 0. The third-order valence-electron chi connectivity index (χ3n) is 5.26. The zero-order valence-electron chi connectivity index (χ0n) is 19.7. The number of carbonyl (C=O) groups excluding carboxylic acids is 2. The van der Waals surface area contributed by atoms with E-state index in [-0.39, 0.29) is 22.6 Å². The van der Waals surface area contributed by atoms with Crippen molar-refractivity contribution in [3.05, 3.63) is 94.0 Å². The minimum Gasteiger partial charge on any atom is -0.423 e. The Morgan fingerprint density at radius 2 is 1.23 bits per heavy atom. The highest BCUT2D eigenvalue weighted by molar-refractivity contribution is 5.92. The quantitative estimate of drug-likeness (QED) is 0.295. The van der Waals surface area contributed by atoms with Gasteiger partial charge in [0, 0.05) is 14.2 Å². The molecule has 0 aliphatic heterocycles. The Morgan fingerprint density at radius 3 is 1.69 bits per heavy atom. The molecule has 0 N–H and O–H groups in total. The fourth-order valence-corrected chi connectivity index (χ4v) is 3.32. The van der Waals surface area contributed by atoms with E-state index in [4.69, 9.17) is 18.9 Å². The molecule has 6 nitrogen and oxygen atoms in total. The molecule has 0 aromatic heterocycles. The fraction of sp³-hybridized carbons (Fsp3) is 0.259. The highest BCUT2D eigenvalue weighted by Crippen LogP contribution is 2.26. The van der Waals surface area contributed by atoms with Gasteiger partial charge in [0.15, 0.2) is 0 Å². The maximum atomic E-state index is 14.4. The lowest BCUT2D eigenvalue weighted by Crippen LogP contribution is -2.13. The van der Waals surface area contributed by atoms with Gasteiger partial charge in [-0.25, -0.2) is 18.4 Å². The van der Waals surface area contributed by atoms with Crippen LogP contribution < -0.4 is 9.47 Å². The second-order valence-electron chi connectivity index (χ2n) is 7.82. The van der Waals surface area contributed by atoms with Crippen LogP contribution in [0.15, 0.2) is 54.6 Å². The summed E-state index contributed by atoms with van der Waals surface area (Å²) in [7, 11) is 3.10. The van der Waals surface area contributed by atoms with Gasteiger partial charge in [-0.15, -0.1) is 0 Å². The number of carbonyl (C=O) groups is 2. The lowest BCUT2D eigenvalue weighted by atomic mass is 10.1. The smallest absolute Gasteiger partial charge is 0.346 e. The molecule has 35 heavy (non-hydrogen) atoms.